The molecule has 0 amide bonds. The van der Waals surface area contributed by atoms with E-state index >= 15 is 0 Å². The lowest BCUT2D eigenvalue weighted by Gasteiger charge is -2.24. The number of nitrogens with one attached hydrogen (secondary N) is 1. The molecular weight excluding hydrogens is 553 g/mol. The number of rotatable bonds is 17. The molecule has 0 radical (unpaired) electrons. The zero-order valence-corrected chi connectivity index (χ0v) is 27.5. The quantitative estimate of drug-likeness (QED) is 0.0731. The first-order valence-electron chi connectivity index (χ1n) is 14.8. The Morgan fingerprint density at radius 2 is 1.19 bits per heavy atom. The van der Waals surface area contributed by atoms with E-state index < -0.39 is 0 Å². The molecule has 0 spiro atoms. The second kappa shape index (κ2) is 19.0. The van der Waals surface area contributed by atoms with Crippen molar-refractivity contribution in [2.75, 3.05) is 54.5 Å². The SMILES string of the molecule is CC=C(C=CNC)C=Cc1ccc(N(CC)CCSSCCN(CC)c2ccc(C=Cc3cc[n+](C)cc3)cc2)cc1. The van der Waals surface area contributed by atoms with E-state index in [-0.39, 0.29) is 0 Å². The Balaban J connectivity index is 1.39. The fraction of sp³-hybridized carbons (Fsp3) is 0.306. The second-order valence-electron chi connectivity index (χ2n) is 9.86. The summed E-state index contributed by atoms with van der Waals surface area (Å²) in [6.45, 7) is 10.7. The molecule has 0 saturated heterocycles. The van der Waals surface area contributed by atoms with Gasteiger partial charge in [0.25, 0.3) is 0 Å². The van der Waals surface area contributed by atoms with Crippen LogP contribution in [0.2, 0.25) is 0 Å². The fourth-order valence-electron chi connectivity index (χ4n) is 4.38. The molecule has 0 aliphatic heterocycles. The average molecular weight is 600 g/mol. The predicted octanol–water partition coefficient (Wildman–Crippen LogP) is 8.11. The summed E-state index contributed by atoms with van der Waals surface area (Å²) in [7, 11) is 7.91. The third-order valence-electron chi connectivity index (χ3n) is 6.97. The summed E-state index contributed by atoms with van der Waals surface area (Å²) in [5, 5.41) is 3.04. The molecule has 2 aromatic carbocycles. The topological polar surface area (TPSA) is 22.4 Å². The molecule has 1 N–H and O–H groups in total. The Labute approximate surface area is 262 Å². The van der Waals surface area contributed by atoms with Crippen LogP contribution in [-0.2, 0) is 7.05 Å². The van der Waals surface area contributed by atoms with Crippen LogP contribution in [0.1, 0.15) is 37.5 Å². The number of benzene rings is 2. The van der Waals surface area contributed by atoms with Gasteiger partial charge in [0, 0.05) is 68.2 Å². The number of pyridine rings is 1. The highest BCUT2D eigenvalue weighted by molar-refractivity contribution is 8.76. The van der Waals surface area contributed by atoms with Gasteiger partial charge in [-0.05, 0) is 79.6 Å². The third-order valence-corrected chi connectivity index (χ3v) is 9.33. The zero-order valence-electron chi connectivity index (χ0n) is 25.9. The summed E-state index contributed by atoms with van der Waals surface area (Å²) >= 11 is 0. The molecular formula is C36H47N4S2+. The molecule has 0 aliphatic rings. The number of aryl methyl sites for hydroxylation is 1. The Hall–Kier alpha value is -3.35. The van der Waals surface area contributed by atoms with Gasteiger partial charge in [0.05, 0.1) is 0 Å². The lowest BCUT2D eigenvalue weighted by atomic mass is 10.1. The molecule has 3 aromatic rings. The molecule has 42 heavy (non-hydrogen) atoms. The number of nitrogens with zero attached hydrogens (tertiary/aromatic N) is 3. The van der Waals surface area contributed by atoms with Crippen LogP contribution >= 0.6 is 21.6 Å². The van der Waals surface area contributed by atoms with Crippen LogP contribution in [0.3, 0.4) is 0 Å². The van der Waals surface area contributed by atoms with Crippen LogP contribution in [0.4, 0.5) is 11.4 Å². The minimum absolute atomic E-state index is 1.01. The van der Waals surface area contributed by atoms with Gasteiger partial charge in [-0.25, -0.2) is 4.57 Å². The Bertz CT molecular complexity index is 1290. The van der Waals surface area contributed by atoms with E-state index in [0.29, 0.717) is 0 Å². The highest BCUT2D eigenvalue weighted by Gasteiger charge is 2.06. The first kappa shape index (κ1) is 33.2. The van der Waals surface area contributed by atoms with Gasteiger partial charge in [0.2, 0.25) is 0 Å². The van der Waals surface area contributed by atoms with E-state index in [4.69, 9.17) is 0 Å². The average Bonchev–Trinajstić information content (AvgIpc) is 3.03. The summed E-state index contributed by atoms with van der Waals surface area (Å²) in [6.07, 6.45) is 18.9. The van der Waals surface area contributed by atoms with Crippen molar-refractivity contribution < 1.29 is 4.57 Å². The van der Waals surface area contributed by atoms with E-state index in [2.05, 4.69) is 145 Å². The Morgan fingerprint density at radius 1 is 0.714 bits per heavy atom. The predicted molar refractivity (Wildman–Crippen MR) is 191 cm³/mol. The van der Waals surface area contributed by atoms with E-state index in [1.54, 1.807) is 0 Å². The zero-order chi connectivity index (χ0) is 30.0. The molecule has 4 nitrogen and oxygen atoms in total. The van der Waals surface area contributed by atoms with Gasteiger partial charge >= 0.3 is 0 Å². The smallest absolute Gasteiger partial charge is 0.169 e. The van der Waals surface area contributed by atoms with Gasteiger partial charge in [-0.1, -0.05) is 76.2 Å². The Kier molecular flexibility index (Phi) is 15.0. The number of allylic oxidation sites excluding steroid dienone is 4. The molecule has 0 saturated carbocycles. The maximum atomic E-state index is 3.04. The Morgan fingerprint density at radius 3 is 1.64 bits per heavy atom. The van der Waals surface area contributed by atoms with Crippen molar-refractivity contribution in [3.05, 3.63) is 120 Å². The standard InChI is InChI=1S/C36H47N4S2/c1-6-31(21-24-37-4)9-10-32-13-17-35(18-14-32)39(7-2)27-29-41-42-30-28-40(8-3)36-19-15-33(16-20-36)11-12-34-22-25-38(5)26-23-34/h6,9-26,37H,7-8,27-30H2,1-5H3/q+1. The van der Waals surface area contributed by atoms with Gasteiger partial charge in [0.1, 0.15) is 7.05 Å². The van der Waals surface area contributed by atoms with Crippen molar-refractivity contribution in [3.8, 4) is 0 Å². The van der Waals surface area contributed by atoms with Gasteiger partial charge < -0.3 is 15.1 Å². The number of aromatic nitrogens is 1. The van der Waals surface area contributed by atoms with Crippen molar-refractivity contribution in [2.24, 2.45) is 7.05 Å². The monoisotopic (exact) mass is 599 g/mol. The fourth-order valence-corrected chi connectivity index (χ4v) is 6.36. The van der Waals surface area contributed by atoms with Crippen LogP contribution in [-0.4, -0.2) is 44.7 Å². The molecule has 0 atom stereocenters. The molecule has 3 rings (SSSR count). The maximum absolute atomic E-state index is 3.04. The summed E-state index contributed by atoms with van der Waals surface area (Å²) in [6, 6.07) is 22.0. The van der Waals surface area contributed by atoms with Crippen molar-refractivity contribution in [1.29, 1.82) is 0 Å². The van der Waals surface area contributed by atoms with E-state index in [9.17, 15) is 0 Å². The lowest BCUT2D eigenvalue weighted by molar-refractivity contribution is -0.671. The van der Waals surface area contributed by atoms with Crippen LogP contribution in [0, 0.1) is 0 Å². The van der Waals surface area contributed by atoms with Gasteiger partial charge in [0.15, 0.2) is 12.4 Å². The molecule has 222 valence electrons. The second-order valence-corrected chi connectivity index (χ2v) is 12.6. The highest BCUT2D eigenvalue weighted by atomic mass is 33.1. The number of anilines is 2. The van der Waals surface area contributed by atoms with Crippen LogP contribution in [0.25, 0.3) is 18.2 Å². The first-order chi connectivity index (χ1) is 20.6. The molecule has 6 heteroatoms. The third kappa shape index (κ3) is 11.5. The summed E-state index contributed by atoms with van der Waals surface area (Å²) in [5.74, 6) is 2.21. The van der Waals surface area contributed by atoms with E-state index in [1.807, 2.05) is 46.5 Å². The molecule has 1 aromatic heterocycles. The van der Waals surface area contributed by atoms with Gasteiger partial charge in [-0.3, -0.25) is 0 Å². The van der Waals surface area contributed by atoms with Crippen molar-refractivity contribution >= 4 is 51.2 Å². The minimum atomic E-state index is 1.01. The van der Waals surface area contributed by atoms with Crippen LogP contribution < -0.4 is 19.7 Å². The largest absolute Gasteiger partial charge is 0.394 e. The van der Waals surface area contributed by atoms with Crippen molar-refractivity contribution in [2.45, 2.75) is 20.8 Å². The van der Waals surface area contributed by atoms with Crippen molar-refractivity contribution in [1.82, 2.24) is 5.32 Å². The summed E-state index contributed by atoms with van der Waals surface area (Å²) < 4.78 is 2.05. The van der Waals surface area contributed by atoms with E-state index in [0.717, 1.165) is 37.7 Å². The number of hydrogen-bond donors (Lipinski definition) is 1. The normalized spacial score (nSPS) is 12.1. The van der Waals surface area contributed by atoms with Crippen LogP contribution in [0.15, 0.2) is 103 Å². The first-order valence-corrected chi connectivity index (χ1v) is 17.3. The molecule has 0 fully saturated rings. The van der Waals surface area contributed by atoms with Gasteiger partial charge in [-0.2, -0.15) is 0 Å². The minimum Gasteiger partial charge on any atom is -0.394 e. The van der Waals surface area contributed by atoms with Crippen molar-refractivity contribution in [3.63, 3.8) is 0 Å². The summed E-state index contributed by atoms with van der Waals surface area (Å²) in [4.78, 5) is 4.92. The summed E-state index contributed by atoms with van der Waals surface area (Å²) in [5.41, 5.74) is 7.40. The van der Waals surface area contributed by atoms with Crippen LogP contribution in [0.5, 0.6) is 0 Å². The molecule has 1 heterocycles. The lowest BCUT2D eigenvalue weighted by Crippen LogP contribution is -2.26. The molecule has 0 aliphatic carbocycles. The molecule has 0 unspecified atom stereocenters. The van der Waals surface area contributed by atoms with Gasteiger partial charge in [-0.15, -0.1) is 0 Å². The highest BCUT2D eigenvalue weighted by Crippen LogP contribution is 2.24. The maximum Gasteiger partial charge on any atom is 0.169 e. The number of hydrogen-bond acceptors (Lipinski definition) is 5. The van der Waals surface area contributed by atoms with E-state index in [1.165, 1.54) is 33.6 Å². The molecule has 0 bridgehead atoms.